The number of aromatic nitrogens is 2. The molecule has 1 aromatic heterocycles. The van der Waals surface area contributed by atoms with Crippen LogP contribution in [-0.4, -0.2) is 9.55 Å². The number of fused-ring (bicyclic) bond motifs is 1. The van der Waals surface area contributed by atoms with Crippen LogP contribution in [0.1, 0.15) is 38.5 Å². The van der Waals surface area contributed by atoms with Gasteiger partial charge in [-0.15, -0.1) is 0 Å². The summed E-state index contributed by atoms with van der Waals surface area (Å²) in [4.78, 5) is 4.81. The van der Waals surface area contributed by atoms with E-state index in [2.05, 4.69) is 53.2 Å². The van der Waals surface area contributed by atoms with Crippen LogP contribution in [0.25, 0.3) is 22.2 Å². The Kier molecular flexibility index (Phi) is 2.81. The molecule has 4 aliphatic carbocycles. The Bertz CT molecular complexity index is 916. The van der Waals surface area contributed by atoms with Crippen molar-refractivity contribution in [1.82, 2.24) is 9.55 Å². The molecule has 0 aliphatic heterocycles. The van der Waals surface area contributed by atoms with Gasteiger partial charge in [-0.05, 0) is 73.1 Å². The Hall–Kier alpha value is -2.09. The summed E-state index contributed by atoms with van der Waals surface area (Å²) < 4.78 is 2.57. The average Bonchev–Trinajstić information content (AvgIpc) is 3.11. The normalized spacial score (nSPS) is 33.2. The summed E-state index contributed by atoms with van der Waals surface area (Å²) in [5.74, 6) is 4.04. The molecule has 0 radical (unpaired) electrons. The predicted molar refractivity (Wildman–Crippen MR) is 101 cm³/mol. The Morgan fingerprint density at radius 1 is 0.840 bits per heavy atom. The first-order chi connectivity index (χ1) is 12.3. The second-order valence-corrected chi connectivity index (χ2v) is 8.82. The molecule has 0 unspecified atom stereocenters. The molecule has 0 spiro atoms. The molecule has 4 saturated carbocycles. The lowest BCUT2D eigenvalue weighted by molar-refractivity contribution is -0.0422. The highest BCUT2D eigenvalue weighted by atomic mass is 15.1. The molecule has 25 heavy (non-hydrogen) atoms. The van der Waals surface area contributed by atoms with Gasteiger partial charge in [-0.3, -0.25) is 0 Å². The summed E-state index contributed by atoms with van der Waals surface area (Å²) in [6.07, 6.45) is 12.8. The zero-order valence-corrected chi connectivity index (χ0v) is 14.6. The lowest BCUT2D eigenvalue weighted by Crippen LogP contribution is -2.51. The van der Waals surface area contributed by atoms with Crippen LogP contribution < -0.4 is 0 Å². The van der Waals surface area contributed by atoms with E-state index in [4.69, 9.17) is 4.98 Å². The highest BCUT2D eigenvalue weighted by Gasteiger charge is 2.52. The third kappa shape index (κ3) is 2.06. The Morgan fingerprint density at radius 2 is 1.52 bits per heavy atom. The molecule has 0 amide bonds. The van der Waals surface area contributed by atoms with E-state index in [0.717, 1.165) is 17.8 Å². The molecule has 3 aromatic rings. The molecule has 2 aromatic carbocycles. The maximum atomic E-state index is 4.81. The summed E-state index contributed by atoms with van der Waals surface area (Å²) in [7, 11) is 0. The highest BCUT2D eigenvalue weighted by Crippen LogP contribution is 2.59. The number of rotatable bonds is 2. The van der Waals surface area contributed by atoms with Gasteiger partial charge in [-0.2, -0.15) is 0 Å². The zero-order valence-electron chi connectivity index (χ0n) is 14.6. The fraction of sp³-hybridized carbons (Fsp3) is 0.435. The highest BCUT2D eigenvalue weighted by molar-refractivity contribution is 5.86. The third-order valence-corrected chi connectivity index (χ3v) is 7.17. The molecule has 2 nitrogen and oxygen atoms in total. The first kappa shape index (κ1) is 14.1. The quantitative estimate of drug-likeness (QED) is 0.596. The van der Waals surface area contributed by atoms with Crippen molar-refractivity contribution < 1.29 is 0 Å². The minimum Gasteiger partial charge on any atom is -0.325 e. The lowest BCUT2D eigenvalue weighted by Gasteiger charge is -2.57. The van der Waals surface area contributed by atoms with Crippen molar-refractivity contribution in [2.45, 2.75) is 44.1 Å². The van der Waals surface area contributed by atoms with Crippen molar-refractivity contribution in [3.63, 3.8) is 0 Å². The first-order valence-electron chi connectivity index (χ1n) is 9.82. The van der Waals surface area contributed by atoms with Crippen LogP contribution in [0.5, 0.6) is 0 Å². The van der Waals surface area contributed by atoms with Gasteiger partial charge >= 0.3 is 0 Å². The molecule has 0 N–H and O–H groups in total. The molecular formula is C23H24N2. The van der Waals surface area contributed by atoms with Crippen LogP contribution in [0, 0.1) is 17.8 Å². The molecule has 126 valence electrons. The van der Waals surface area contributed by atoms with Crippen LogP contribution in [0.15, 0.2) is 54.9 Å². The topological polar surface area (TPSA) is 17.8 Å². The molecule has 1 heterocycles. The molecule has 2 heteroatoms. The van der Waals surface area contributed by atoms with E-state index in [1.807, 2.05) is 6.20 Å². The Morgan fingerprint density at radius 3 is 2.24 bits per heavy atom. The summed E-state index contributed by atoms with van der Waals surface area (Å²) in [5, 5.41) is 2.61. The number of imidazole rings is 1. The summed E-state index contributed by atoms with van der Waals surface area (Å²) in [6.45, 7) is 0. The van der Waals surface area contributed by atoms with Crippen LogP contribution in [0.3, 0.4) is 0 Å². The first-order valence-corrected chi connectivity index (χ1v) is 9.82. The number of hydrogen-bond acceptors (Lipinski definition) is 1. The van der Waals surface area contributed by atoms with Crippen LogP contribution >= 0.6 is 0 Å². The van der Waals surface area contributed by atoms with Gasteiger partial charge in [0.05, 0.1) is 0 Å². The van der Waals surface area contributed by atoms with Crippen molar-refractivity contribution >= 4 is 10.8 Å². The zero-order chi connectivity index (χ0) is 16.4. The van der Waals surface area contributed by atoms with E-state index >= 15 is 0 Å². The number of nitrogens with zero attached hydrogens (tertiary/aromatic N) is 2. The van der Waals surface area contributed by atoms with E-state index < -0.39 is 0 Å². The lowest BCUT2D eigenvalue weighted by atomic mass is 9.53. The van der Waals surface area contributed by atoms with E-state index in [9.17, 15) is 0 Å². The van der Waals surface area contributed by atoms with E-state index in [-0.39, 0.29) is 0 Å². The number of hydrogen-bond donors (Lipinski definition) is 0. The summed E-state index contributed by atoms with van der Waals surface area (Å²) >= 11 is 0. The summed E-state index contributed by atoms with van der Waals surface area (Å²) in [5.41, 5.74) is 1.60. The molecule has 4 aliphatic rings. The molecule has 7 rings (SSSR count). The van der Waals surface area contributed by atoms with Crippen molar-refractivity contribution in [3.05, 3.63) is 54.9 Å². The monoisotopic (exact) mass is 328 g/mol. The largest absolute Gasteiger partial charge is 0.325 e. The third-order valence-electron chi connectivity index (χ3n) is 7.17. The van der Waals surface area contributed by atoms with Crippen LogP contribution in [-0.2, 0) is 5.54 Å². The maximum absolute atomic E-state index is 4.81. The van der Waals surface area contributed by atoms with Crippen molar-refractivity contribution in [3.8, 4) is 11.4 Å². The van der Waals surface area contributed by atoms with Gasteiger partial charge in [-0.1, -0.05) is 36.4 Å². The van der Waals surface area contributed by atoms with Crippen molar-refractivity contribution in [2.75, 3.05) is 0 Å². The second-order valence-electron chi connectivity index (χ2n) is 8.82. The van der Waals surface area contributed by atoms with Gasteiger partial charge in [0.15, 0.2) is 0 Å². The fourth-order valence-corrected chi connectivity index (χ4v) is 6.59. The van der Waals surface area contributed by atoms with E-state index in [1.54, 1.807) is 0 Å². The SMILES string of the molecule is c1ccc2cc(-c3nccn3C34CC5CC(CC(C5)C3)C4)ccc2c1. The summed E-state index contributed by atoms with van der Waals surface area (Å²) in [6, 6.07) is 15.4. The average molecular weight is 328 g/mol. The number of benzene rings is 2. The fourth-order valence-electron chi connectivity index (χ4n) is 6.59. The smallest absolute Gasteiger partial charge is 0.140 e. The van der Waals surface area contributed by atoms with Crippen LogP contribution in [0.4, 0.5) is 0 Å². The van der Waals surface area contributed by atoms with Crippen LogP contribution in [0.2, 0.25) is 0 Å². The van der Waals surface area contributed by atoms with Crippen molar-refractivity contribution in [2.24, 2.45) is 17.8 Å². The second kappa shape index (κ2) is 4.97. The minimum atomic E-state index is 0.340. The molecular weight excluding hydrogens is 304 g/mol. The molecule has 0 saturated heterocycles. The van der Waals surface area contributed by atoms with E-state index in [0.29, 0.717) is 5.54 Å². The van der Waals surface area contributed by atoms with Gasteiger partial charge < -0.3 is 4.57 Å². The molecule has 4 fully saturated rings. The van der Waals surface area contributed by atoms with Gasteiger partial charge in [-0.25, -0.2) is 4.98 Å². The van der Waals surface area contributed by atoms with Gasteiger partial charge in [0.2, 0.25) is 0 Å². The molecule has 4 bridgehead atoms. The maximum Gasteiger partial charge on any atom is 0.140 e. The van der Waals surface area contributed by atoms with E-state index in [1.165, 1.54) is 60.7 Å². The minimum absolute atomic E-state index is 0.340. The van der Waals surface area contributed by atoms with Crippen molar-refractivity contribution in [1.29, 1.82) is 0 Å². The standard InChI is InChI=1S/C23H24N2/c1-2-4-20-12-21(6-5-19(20)3-1)22-24-7-8-25(22)23-13-16-9-17(14-23)11-18(10-16)15-23/h1-8,12,16-18H,9-11,13-15H2. The van der Waals surface area contributed by atoms with Gasteiger partial charge in [0.25, 0.3) is 0 Å². The van der Waals surface area contributed by atoms with Gasteiger partial charge in [0, 0.05) is 23.5 Å². The Balaban J connectivity index is 1.47. The van der Waals surface area contributed by atoms with Gasteiger partial charge in [0.1, 0.15) is 5.82 Å². The Labute approximate surface area is 148 Å². The molecule has 0 atom stereocenters. The predicted octanol–water partition coefficient (Wildman–Crippen LogP) is 5.63.